The lowest BCUT2D eigenvalue weighted by molar-refractivity contribution is -0.136. The number of likely N-dealkylation sites (N-methyl/N-ethyl adjacent to an activating group) is 1. The fourth-order valence-corrected chi connectivity index (χ4v) is 3.60. The molecule has 7 nitrogen and oxygen atoms in total. The van der Waals surface area contributed by atoms with Gasteiger partial charge in [-0.1, -0.05) is 60.2 Å². The summed E-state index contributed by atoms with van der Waals surface area (Å²) in [5.74, 6) is -0.778. The predicted octanol–water partition coefficient (Wildman–Crippen LogP) is 4.81. The summed E-state index contributed by atoms with van der Waals surface area (Å²) in [4.78, 5) is 39.6. The highest BCUT2D eigenvalue weighted by Crippen LogP contribution is 2.25. The largest absolute Gasteiger partial charge is 0.444 e. The molecule has 0 heterocycles. The van der Waals surface area contributed by atoms with Crippen molar-refractivity contribution in [2.24, 2.45) is 0 Å². The van der Waals surface area contributed by atoms with Gasteiger partial charge in [-0.25, -0.2) is 4.79 Å². The zero-order valence-corrected chi connectivity index (χ0v) is 20.2. The van der Waals surface area contributed by atoms with Crippen molar-refractivity contribution in [3.05, 3.63) is 77.9 Å². The number of nitrogens with zero attached hydrogens (tertiary/aromatic N) is 1. The number of alkyl carbamates (subject to hydrolysis) is 1. The number of fused-ring (bicyclic) bond motifs is 1. The third kappa shape index (κ3) is 6.57. The molecule has 0 saturated heterocycles. The van der Waals surface area contributed by atoms with Gasteiger partial charge in [-0.05, 0) is 56.2 Å². The number of rotatable bonds is 6. The number of hydrogen-bond acceptors (Lipinski definition) is 4. The van der Waals surface area contributed by atoms with Gasteiger partial charge in [0.05, 0.1) is 0 Å². The number of nitrogens with one attached hydrogen (secondary N) is 2. The molecule has 3 rings (SSSR count). The maximum absolute atomic E-state index is 13.4. The Hall–Kier alpha value is -3.87. The molecule has 2 N–H and O–H groups in total. The molecule has 0 spiro atoms. The van der Waals surface area contributed by atoms with Crippen LogP contribution in [-0.2, 0) is 14.3 Å². The first-order valence-electron chi connectivity index (χ1n) is 11.1. The molecule has 34 heavy (non-hydrogen) atoms. The Labute approximate surface area is 200 Å². The van der Waals surface area contributed by atoms with Crippen LogP contribution in [0.1, 0.15) is 37.9 Å². The molecule has 0 aromatic heterocycles. The number of carbonyl (C=O) groups is 3. The molecule has 0 aliphatic rings. The van der Waals surface area contributed by atoms with E-state index in [1.54, 1.807) is 27.8 Å². The van der Waals surface area contributed by atoms with Gasteiger partial charge in [0.2, 0.25) is 5.91 Å². The fourth-order valence-electron chi connectivity index (χ4n) is 3.60. The Kier molecular flexibility index (Phi) is 7.56. The molecule has 0 aliphatic carbocycles. The summed E-state index contributed by atoms with van der Waals surface area (Å²) < 4.78 is 5.19. The summed E-state index contributed by atoms with van der Waals surface area (Å²) >= 11 is 0. The smallest absolute Gasteiger partial charge is 0.408 e. The summed E-state index contributed by atoms with van der Waals surface area (Å²) in [7, 11) is 1.55. The van der Waals surface area contributed by atoms with Crippen molar-refractivity contribution in [1.29, 1.82) is 0 Å². The molecule has 7 heteroatoms. The van der Waals surface area contributed by atoms with E-state index in [0.717, 1.165) is 16.3 Å². The fraction of sp³-hybridized carbons (Fsp3) is 0.296. The van der Waals surface area contributed by atoms with Crippen LogP contribution in [0.15, 0.2) is 66.7 Å². The lowest BCUT2D eigenvalue weighted by Crippen LogP contribution is -2.44. The van der Waals surface area contributed by atoms with Crippen molar-refractivity contribution in [1.82, 2.24) is 10.2 Å². The van der Waals surface area contributed by atoms with Gasteiger partial charge in [-0.15, -0.1) is 0 Å². The molecule has 178 valence electrons. The van der Waals surface area contributed by atoms with Crippen molar-refractivity contribution in [2.75, 3.05) is 18.9 Å². The first-order chi connectivity index (χ1) is 16.0. The van der Waals surface area contributed by atoms with E-state index in [-0.39, 0.29) is 12.5 Å². The number of carbonyl (C=O) groups excluding carboxylic acids is 3. The van der Waals surface area contributed by atoms with Crippen LogP contribution in [-0.4, -0.2) is 42.0 Å². The molecule has 3 aromatic carbocycles. The Bertz CT molecular complexity index is 1200. The van der Waals surface area contributed by atoms with E-state index in [0.29, 0.717) is 11.3 Å². The van der Waals surface area contributed by atoms with Gasteiger partial charge in [0.1, 0.15) is 18.2 Å². The van der Waals surface area contributed by atoms with Crippen molar-refractivity contribution < 1.29 is 19.1 Å². The normalized spacial score (nSPS) is 12.0. The second-order valence-electron chi connectivity index (χ2n) is 9.23. The van der Waals surface area contributed by atoms with Crippen molar-refractivity contribution in [2.45, 2.75) is 39.3 Å². The molecule has 3 aromatic rings. The average molecular weight is 462 g/mol. The highest BCUT2D eigenvalue weighted by Gasteiger charge is 2.29. The number of benzene rings is 3. The molecule has 1 atom stereocenters. The average Bonchev–Trinajstić information content (AvgIpc) is 2.76. The topological polar surface area (TPSA) is 87.7 Å². The van der Waals surface area contributed by atoms with Gasteiger partial charge in [0.15, 0.2) is 0 Å². The van der Waals surface area contributed by atoms with Gasteiger partial charge in [0.25, 0.3) is 5.91 Å². The summed E-state index contributed by atoms with van der Waals surface area (Å²) in [5.41, 5.74) is 1.59. The first-order valence-corrected chi connectivity index (χ1v) is 11.1. The maximum atomic E-state index is 13.4. The van der Waals surface area contributed by atoms with Crippen LogP contribution in [0.3, 0.4) is 0 Å². The van der Waals surface area contributed by atoms with E-state index in [4.69, 9.17) is 4.74 Å². The quantitative estimate of drug-likeness (QED) is 0.551. The standard InChI is InChI=1S/C27H31N3O4/c1-18-9-8-12-21(15-18)24(30(5)23(31)17-28-26(33)34-27(2,3)4)25(32)29-22-14-13-19-10-6-7-11-20(19)16-22/h6-16,24H,17H2,1-5H3,(H,28,33)(H,29,32). The van der Waals surface area contributed by atoms with Crippen molar-refractivity contribution in [3.8, 4) is 0 Å². The molecular weight excluding hydrogens is 430 g/mol. The van der Waals surface area contributed by atoms with Crippen LogP contribution in [0, 0.1) is 6.92 Å². The molecule has 0 saturated carbocycles. The monoisotopic (exact) mass is 461 g/mol. The van der Waals surface area contributed by atoms with E-state index < -0.39 is 23.6 Å². The molecule has 3 amide bonds. The van der Waals surface area contributed by atoms with Crippen LogP contribution >= 0.6 is 0 Å². The summed E-state index contributed by atoms with van der Waals surface area (Å²) in [6, 6.07) is 20.1. The number of aryl methyl sites for hydroxylation is 1. The summed E-state index contributed by atoms with van der Waals surface area (Å²) in [5, 5.41) is 7.47. The first kappa shape index (κ1) is 24.8. The van der Waals surface area contributed by atoms with Crippen LogP contribution < -0.4 is 10.6 Å². The molecule has 0 aliphatic heterocycles. The Morgan fingerprint density at radius 2 is 1.65 bits per heavy atom. The van der Waals surface area contributed by atoms with E-state index in [1.165, 1.54) is 4.90 Å². The van der Waals surface area contributed by atoms with E-state index in [2.05, 4.69) is 10.6 Å². The minimum Gasteiger partial charge on any atom is -0.444 e. The molecular formula is C27H31N3O4. The Balaban J connectivity index is 1.80. The van der Waals surface area contributed by atoms with Crippen molar-refractivity contribution >= 4 is 34.4 Å². The van der Waals surface area contributed by atoms with Crippen LogP contribution in [0.4, 0.5) is 10.5 Å². The van der Waals surface area contributed by atoms with E-state index in [1.807, 2.05) is 73.7 Å². The second-order valence-corrected chi connectivity index (χ2v) is 9.23. The molecule has 0 fully saturated rings. The molecule has 0 radical (unpaired) electrons. The second kappa shape index (κ2) is 10.4. The molecule has 1 unspecified atom stereocenters. The van der Waals surface area contributed by atoms with Gasteiger partial charge < -0.3 is 20.3 Å². The third-order valence-electron chi connectivity index (χ3n) is 5.19. The maximum Gasteiger partial charge on any atom is 0.408 e. The zero-order chi connectivity index (χ0) is 24.9. The van der Waals surface area contributed by atoms with Gasteiger partial charge in [0, 0.05) is 12.7 Å². The van der Waals surface area contributed by atoms with E-state index in [9.17, 15) is 14.4 Å². The number of ether oxygens (including phenoxy) is 1. The lowest BCUT2D eigenvalue weighted by atomic mass is 10.0. The third-order valence-corrected chi connectivity index (χ3v) is 5.19. The minimum absolute atomic E-state index is 0.295. The van der Waals surface area contributed by atoms with Crippen LogP contribution in [0.2, 0.25) is 0 Å². The highest BCUT2D eigenvalue weighted by molar-refractivity contribution is 6.00. The number of anilines is 1. The Morgan fingerprint density at radius 3 is 2.32 bits per heavy atom. The highest BCUT2D eigenvalue weighted by atomic mass is 16.6. The predicted molar refractivity (Wildman–Crippen MR) is 134 cm³/mol. The van der Waals surface area contributed by atoms with Gasteiger partial charge in [-0.2, -0.15) is 0 Å². The summed E-state index contributed by atoms with van der Waals surface area (Å²) in [6.45, 7) is 6.85. The molecule has 0 bridgehead atoms. The van der Waals surface area contributed by atoms with Crippen molar-refractivity contribution in [3.63, 3.8) is 0 Å². The SMILES string of the molecule is Cc1cccc(C(C(=O)Nc2ccc3ccccc3c2)N(C)C(=O)CNC(=O)OC(C)(C)C)c1. The van der Waals surface area contributed by atoms with Gasteiger partial charge >= 0.3 is 6.09 Å². The number of amides is 3. The Morgan fingerprint density at radius 1 is 0.941 bits per heavy atom. The zero-order valence-electron chi connectivity index (χ0n) is 20.2. The van der Waals surface area contributed by atoms with Gasteiger partial charge in [-0.3, -0.25) is 9.59 Å². The van der Waals surface area contributed by atoms with Crippen LogP contribution in [0.5, 0.6) is 0 Å². The van der Waals surface area contributed by atoms with E-state index >= 15 is 0 Å². The summed E-state index contributed by atoms with van der Waals surface area (Å²) in [6.07, 6.45) is -0.693. The lowest BCUT2D eigenvalue weighted by Gasteiger charge is -2.28. The van der Waals surface area contributed by atoms with Crippen LogP contribution in [0.25, 0.3) is 10.8 Å². The minimum atomic E-state index is -0.890. The number of hydrogen-bond donors (Lipinski definition) is 2.